The molecule has 0 saturated carbocycles. The minimum absolute atomic E-state index is 0.0671. The Balaban J connectivity index is 1.33. The molecule has 2 heterocycles. The van der Waals surface area contributed by atoms with Crippen molar-refractivity contribution in [2.45, 2.75) is 43.8 Å². The number of likely N-dealkylation sites (tertiary alicyclic amines) is 1. The zero-order chi connectivity index (χ0) is 22.3. The van der Waals surface area contributed by atoms with Crippen molar-refractivity contribution in [2.24, 2.45) is 0 Å². The van der Waals surface area contributed by atoms with E-state index in [0.29, 0.717) is 12.2 Å². The Hall–Kier alpha value is -3.19. The van der Waals surface area contributed by atoms with Crippen LogP contribution in [-0.2, 0) is 14.3 Å². The normalized spacial score (nSPS) is 20.4. The van der Waals surface area contributed by atoms with Crippen LogP contribution in [0.15, 0.2) is 60.7 Å². The molecule has 0 aliphatic carbocycles. The third kappa shape index (κ3) is 5.53. The van der Waals surface area contributed by atoms with E-state index < -0.39 is 6.04 Å². The second kappa shape index (κ2) is 10.4. The summed E-state index contributed by atoms with van der Waals surface area (Å²) in [5, 5.41) is 6.13. The summed E-state index contributed by atoms with van der Waals surface area (Å²) in [6.07, 6.45) is 2.50. The van der Waals surface area contributed by atoms with Gasteiger partial charge in [-0.15, -0.1) is 0 Å². The van der Waals surface area contributed by atoms with Crippen molar-refractivity contribution in [1.82, 2.24) is 15.5 Å². The zero-order valence-corrected chi connectivity index (χ0v) is 18.0. The Bertz CT molecular complexity index is 927. The van der Waals surface area contributed by atoms with Gasteiger partial charge in [0.05, 0.1) is 19.1 Å². The fourth-order valence-electron chi connectivity index (χ4n) is 4.41. The van der Waals surface area contributed by atoms with Crippen LogP contribution >= 0.6 is 0 Å². The maximum absolute atomic E-state index is 12.9. The average molecular weight is 436 g/mol. The van der Waals surface area contributed by atoms with Gasteiger partial charge >= 0.3 is 5.97 Å². The number of piperidine rings is 1. The van der Waals surface area contributed by atoms with E-state index in [1.165, 1.54) is 0 Å². The summed E-state index contributed by atoms with van der Waals surface area (Å²) in [6.45, 7) is 2.02. The molecule has 2 N–H and O–H groups in total. The second-order valence-electron chi connectivity index (χ2n) is 8.36. The summed E-state index contributed by atoms with van der Waals surface area (Å²) in [4.78, 5) is 39.5. The molecule has 0 spiro atoms. The Morgan fingerprint density at radius 2 is 1.62 bits per heavy atom. The summed E-state index contributed by atoms with van der Waals surface area (Å²) in [6, 6.07) is 18.1. The Morgan fingerprint density at radius 3 is 2.25 bits per heavy atom. The summed E-state index contributed by atoms with van der Waals surface area (Å²) in [5.74, 6) is -0.428. The van der Waals surface area contributed by atoms with Crippen LogP contribution in [0.25, 0.3) is 0 Å². The fraction of sp³-hybridized carbons (Fsp3) is 0.400. The highest BCUT2D eigenvalue weighted by Gasteiger charge is 2.34. The van der Waals surface area contributed by atoms with Gasteiger partial charge in [-0.2, -0.15) is 0 Å². The van der Waals surface area contributed by atoms with E-state index in [1.807, 2.05) is 48.5 Å². The van der Waals surface area contributed by atoms with Crippen LogP contribution in [0.1, 0.15) is 47.6 Å². The molecule has 7 nitrogen and oxygen atoms in total. The molecule has 2 saturated heterocycles. The lowest BCUT2D eigenvalue weighted by Crippen LogP contribution is -2.49. The summed E-state index contributed by atoms with van der Waals surface area (Å²) in [5.41, 5.74) is 1.45. The molecular formula is C25H29N3O4. The third-order valence-electron chi connectivity index (χ3n) is 6.18. The van der Waals surface area contributed by atoms with Crippen molar-refractivity contribution in [3.05, 3.63) is 71.8 Å². The van der Waals surface area contributed by atoms with Crippen LogP contribution in [-0.4, -0.2) is 54.5 Å². The van der Waals surface area contributed by atoms with E-state index in [-0.39, 0.29) is 36.3 Å². The van der Waals surface area contributed by atoms with Gasteiger partial charge in [0.2, 0.25) is 5.91 Å². The molecule has 2 fully saturated rings. The number of nitrogens with one attached hydrogen (secondary N) is 2. The van der Waals surface area contributed by atoms with Crippen LogP contribution in [0.4, 0.5) is 0 Å². The van der Waals surface area contributed by atoms with Gasteiger partial charge < -0.3 is 15.4 Å². The lowest BCUT2D eigenvalue weighted by atomic mass is 10.00. The van der Waals surface area contributed by atoms with E-state index in [9.17, 15) is 14.4 Å². The largest absolute Gasteiger partial charge is 0.464 e. The zero-order valence-electron chi connectivity index (χ0n) is 18.0. The monoisotopic (exact) mass is 435 g/mol. The molecule has 2 aliphatic rings. The van der Waals surface area contributed by atoms with Crippen molar-refractivity contribution in [2.75, 3.05) is 19.7 Å². The number of ether oxygens (including phenoxy) is 1. The molecule has 4 rings (SSSR count). The first kappa shape index (κ1) is 22.0. The Morgan fingerprint density at radius 1 is 0.969 bits per heavy atom. The van der Waals surface area contributed by atoms with Gasteiger partial charge in [0.15, 0.2) is 0 Å². The number of nitrogens with zero attached hydrogens (tertiary/aromatic N) is 1. The van der Waals surface area contributed by atoms with Gasteiger partial charge in [-0.3, -0.25) is 19.3 Å². The minimum Gasteiger partial charge on any atom is -0.464 e. The van der Waals surface area contributed by atoms with Crippen molar-refractivity contribution < 1.29 is 19.1 Å². The minimum atomic E-state index is -0.419. The first-order valence-electron chi connectivity index (χ1n) is 11.2. The summed E-state index contributed by atoms with van der Waals surface area (Å²) in [7, 11) is 0. The average Bonchev–Trinajstić information content (AvgIpc) is 3.26. The topological polar surface area (TPSA) is 87.7 Å². The first-order valence-corrected chi connectivity index (χ1v) is 11.2. The molecule has 0 radical (unpaired) electrons. The maximum atomic E-state index is 12.9. The van der Waals surface area contributed by atoms with Crippen molar-refractivity contribution in [1.29, 1.82) is 0 Å². The van der Waals surface area contributed by atoms with Crippen LogP contribution in [0.5, 0.6) is 0 Å². The Kier molecular flexibility index (Phi) is 7.17. The predicted octanol–water partition coefficient (Wildman–Crippen LogP) is 2.44. The van der Waals surface area contributed by atoms with Gasteiger partial charge in [0.25, 0.3) is 5.91 Å². The first-order chi connectivity index (χ1) is 15.6. The molecule has 0 unspecified atom stereocenters. The molecule has 7 heteroatoms. The van der Waals surface area contributed by atoms with Crippen molar-refractivity contribution in [3.8, 4) is 0 Å². The van der Waals surface area contributed by atoms with Gasteiger partial charge in [0, 0.05) is 31.1 Å². The molecule has 168 valence electrons. The number of amides is 2. The third-order valence-corrected chi connectivity index (χ3v) is 6.18. The summed E-state index contributed by atoms with van der Waals surface area (Å²) >= 11 is 0. The van der Waals surface area contributed by atoms with E-state index in [2.05, 4.69) is 15.5 Å². The quantitative estimate of drug-likeness (QED) is 0.653. The molecule has 2 aromatic carbocycles. The Labute approximate surface area is 188 Å². The van der Waals surface area contributed by atoms with Crippen LogP contribution in [0, 0.1) is 0 Å². The highest BCUT2D eigenvalue weighted by atomic mass is 16.5. The molecular weight excluding hydrogens is 406 g/mol. The highest BCUT2D eigenvalue weighted by Crippen LogP contribution is 2.21. The van der Waals surface area contributed by atoms with E-state index in [0.717, 1.165) is 37.9 Å². The molecule has 2 aliphatic heterocycles. The second-order valence-corrected chi connectivity index (χ2v) is 8.36. The molecule has 2 aromatic rings. The maximum Gasteiger partial charge on any atom is 0.323 e. The number of hydrogen-bond acceptors (Lipinski definition) is 5. The van der Waals surface area contributed by atoms with Gasteiger partial charge in [-0.25, -0.2) is 0 Å². The number of carbonyl (C=O) groups is 3. The van der Waals surface area contributed by atoms with E-state index in [4.69, 9.17) is 4.74 Å². The number of rotatable bonds is 7. The smallest absolute Gasteiger partial charge is 0.323 e. The van der Waals surface area contributed by atoms with Crippen molar-refractivity contribution in [3.63, 3.8) is 0 Å². The van der Waals surface area contributed by atoms with Crippen molar-refractivity contribution >= 4 is 17.8 Å². The number of cyclic esters (lactones) is 1. The van der Waals surface area contributed by atoms with E-state index in [1.54, 1.807) is 12.1 Å². The SMILES string of the molecule is O=C(C[C@H](NC(=O)c1ccccc1)c1ccccc1)NC1CCN([C@@H]2CCOC2=O)CC1. The molecule has 2 amide bonds. The standard InChI is InChI=1S/C25H29N3O4/c29-23(26-20-11-14-28(15-12-20)22-13-16-32-25(22)31)17-21(18-7-3-1-4-8-18)27-24(30)19-9-5-2-6-10-19/h1-10,20-22H,11-17H2,(H,26,29)(H,27,30)/t21-,22+/m0/s1. The fourth-order valence-corrected chi connectivity index (χ4v) is 4.41. The van der Waals surface area contributed by atoms with Gasteiger partial charge in [-0.05, 0) is 30.5 Å². The number of benzene rings is 2. The molecule has 32 heavy (non-hydrogen) atoms. The number of hydrogen-bond donors (Lipinski definition) is 2. The highest BCUT2D eigenvalue weighted by molar-refractivity contribution is 5.94. The number of carbonyl (C=O) groups excluding carboxylic acids is 3. The predicted molar refractivity (Wildman–Crippen MR) is 120 cm³/mol. The van der Waals surface area contributed by atoms with E-state index >= 15 is 0 Å². The molecule has 2 atom stereocenters. The van der Waals surface area contributed by atoms with Crippen LogP contribution < -0.4 is 10.6 Å². The molecule has 0 aromatic heterocycles. The number of esters is 1. The van der Waals surface area contributed by atoms with Crippen LogP contribution in [0.3, 0.4) is 0 Å². The van der Waals surface area contributed by atoms with Crippen LogP contribution in [0.2, 0.25) is 0 Å². The van der Waals surface area contributed by atoms with Gasteiger partial charge in [-0.1, -0.05) is 48.5 Å². The lowest BCUT2D eigenvalue weighted by molar-refractivity contribution is -0.142. The molecule has 0 bridgehead atoms. The lowest BCUT2D eigenvalue weighted by Gasteiger charge is -2.34. The van der Waals surface area contributed by atoms with Gasteiger partial charge in [0.1, 0.15) is 6.04 Å². The summed E-state index contributed by atoms with van der Waals surface area (Å²) < 4.78 is 5.07.